The fraction of sp³-hybridized carbons (Fsp3) is 0.556. The molecule has 1 aliphatic rings. The predicted octanol–water partition coefficient (Wildman–Crippen LogP) is 2.42. The number of carbonyl (C=O) groups excluding carboxylic acids is 2. The zero-order valence-corrected chi connectivity index (χ0v) is 14.0. The van der Waals surface area contributed by atoms with Crippen LogP contribution in [-0.2, 0) is 19.1 Å². The molecule has 0 amide bonds. The lowest BCUT2D eigenvalue weighted by molar-refractivity contribution is -0.156. The quantitative estimate of drug-likeness (QED) is 0.754. The van der Waals surface area contributed by atoms with Crippen LogP contribution in [0.2, 0.25) is 0 Å². The molecule has 0 unspecified atom stereocenters. The van der Waals surface area contributed by atoms with Crippen LogP contribution in [0.4, 0.5) is 0 Å². The summed E-state index contributed by atoms with van der Waals surface area (Å²) in [6.07, 6.45) is 2.08. The number of hydrogen-bond donors (Lipinski definition) is 0. The predicted molar refractivity (Wildman–Crippen MR) is 86.7 cm³/mol. The first-order valence-electron chi connectivity index (χ1n) is 8.08. The summed E-state index contributed by atoms with van der Waals surface area (Å²) in [5, 5.41) is 0. The highest BCUT2D eigenvalue weighted by molar-refractivity contribution is 5.83. The number of carbonyl (C=O) groups is 2. The van der Waals surface area contributed by atoms with Crippen molar-refractivity contribution in [2.45, 2.75) is 25.8 Å². The van der Waals surface area contributed by atoms with Crippen LogP contribution < -0.4 is 0 Å². The highest BCUT2D eigenvalue weighted by Gasteiger charge is 2.50. The van der Waals surface area contributed by atoms with Gasteiger partial charge in [-0.3, -0.25) is 14.5 Å². The third-order valence-electron chi connectivity index (χ3n) is 4.52. The van der Waals surface area contributed by atoms with Crippen LogP contribution in [0.15, 0.2) is 30.3 Å². The summed E-state index contributed by atoms with van der Waals surface area (Å²) < 4.78 is 9.91. The molecular formula is C18H25NO4. The molecule has 0 N–H and O–H groups in total. The van der Waals surface area contributed by atoms with Crippen LogP contribution in [-0.4, -0.2) is 44.1 Å². The van der Waals surface area contributed by atoms with Crippen LogP contribution in [0.25, 0.3) is 0 Å². The topological polar surface area (TPSA) is 55.8 Å². The van der Waals surface area contributed by atoms with Crippen molar-refractivity contribution >= 4 is 11.9 Å². The van der Waals surface area contributed by atoms with E-state index < -0.39 is 11.8 Å². The smallest absolute Gasteiger partial charge is 0.311 e. The second-order valence-electron chi connectivity index (χ2n) is 5.88. The van der Waals surface area contributed by atoms with Crippen molar-refractivity contribution in [2.75, 3.05) is 27.3 Å². The number of likely N-dealkylation sites (tertiary alicyclic amines) is 1. The van der Waals surface area contributed by atoms with Gasteiger partial charge in [0, 0.05) is 12.6 Å². The molecule has 1 aliphatic heterocycles. The number of nitrogens with zero attached hydrogens (tertiary/aromatic N) is 1. The number of unbranched alkanes of at least 4 members (excludes halogenated alkanes) is 1. The largest absolute Gasteiger partial charge is 0.469 e. The molecule has 3 atom stereocenters. The molecule has 2 rings (SSSR count). The van der Waals surface area contributed by atoms with Gasteiger partial charge in [0.05, 0.1) is 26.1 Å². The molecule has 5 heteroatoms. The van der Waals surface area contributed by atoms with Crippen molar-refractivity contribution in [1.29, 1.82) is 0 Å². The van der Waals surface area contributed by atoms with E-state index in [9.17, 15) is 9.59 Å². The van der Waals surface area contributed by atoms with Crippen molar-refractivity contribution in [3.05, 3.63) is 35.9 Å². The van der Waals surface area contributed by atoms with Gasteiger partial charge in [0.1, 0.15) is 0 Å². The summed E-state index contributed by atoms with van der Waals surface area (Å²) in [4.78, 5) is 26.8. The van der Waals surface area contributed by atoms with Gasteiger partial charge in [-0.1, -0.05) is 43.7 Å². The molecule has 0 bridgehead atoms. The van der Waals surface area contributed by atoms with Gasteiger partial charge < -0.3 is 9.47 Å². The highest BCUT2D eigenvalue weighted by atomic mass is 16.5. The highest BCUT2D eigenvalue weighted by Crippen LogP contribution is 2.42. The van der Waals surface area contributed by atoms with E-state index in [1.165, 1.54) is 14.2 Å². The fourth-order valence-corrected chi connectivity index (χ4v) is 3.39. The zero-order chi connectivity index (χ0) is 16.8. The molecule has 0 saturated carbocycles. The number of esters is 2. The van der Waals surface area contributed by atoms with Gasteiger partial charge in [0.15, 0.2) is 0 Å². The Balaban J connectivity index is 2.39. The van der Waals surface area contributed by atoms with Crippen LogP contribution in [0.5, 0.6) is 0 Å². The number of benzene rings is 1. The fourth-order valence-electron chi connectivity index (χ4n) is 3.39. The number of methoxy groups -OCH3 is 2. The van der Waals surface area contributed by atoms with E-state index in [0.717, 1.165) is 24.9 Å². The Morgan fingerprint density at radius 2 is 1.78 bits per heavy atom. The van der Waals surface area contributed by atoms with Gasteiger partial charge in [-0.2, -0.15) is 0 Å². The Bertz CT molecular complexity index is 531. The zero-order valence-electron chi connectivity index (χ0n) is 14.0. The van der Waals surface area contributed by atoms with Crippen molar-refractivity contribution < 1.29 is 19.1 Å². The Morgan fingerprint density at radius 3 is 2.35 bits per heavy atom. The van der Waals surface area contributed by atoms with Crippen LogP contribution in [0.3, 0.4) is 0 Å². The van der Waals surface area contributed by atoms with E-state index in [1.807, 2.05) is 30.3 Å². The molecule has 1 aromatic carbocycles. The van der Waals surface area contributed by atoms with E-state index in [2.05, 4.69) is 11.8 Å². The summed E-state index contributed by atoms with van der Waals surface area (Å²) in [6, 6.07) is 9.69. The molecule has 1 aromatic rings. The molecule has 126 valence electrons. The summed E-state index contributed by atoms with van der Waals surface area (Å²) >= 11 is 0. The minimum absolute atomic E-state index is 0.153. The first-order chi connectivity index (χ1) is 11.1. The number of ether oxygens (including phenoxy) is 2. The standard InChI is InChI=1S/C18H25NO4/c1-4-5-11-19-12-14(17(20)22-2)15(18(21)23-3)16(19)13-9-7-6-8-10-13/h6-10,14-16H,4-5,11-12H2,1-3H3/t14-,15-,16+/m1/s1. The monoisotopic (exact) mass is 319 g/mol. The summed E-state index contributed by atoms with van der Waals surface area (Å²) in [5.41, 5.74) is 1.03. The Morgan fingerprint density at radius 1 is 1.13 bits per heavy atom. The average molecular weight is 319 g/mol. The third kappa shape index (κ3) is 3.72. The summed E-state index contributed by atoms with van der Waals surface area (Å²) in [6.45, 7) is 3.49. The van der Waals surface area contributed by atoms with Crippen molar-refractivity contribution in [2.24, 2.45) is 11.8 Å². The van der Waals surface area contributed by atoms with Crippen molar-refractivity contribution in [3.8, 4) is 0 Å². The maximum absolute atomic E-state index is 12.4. The van der Waals surface area contributed by atoms with Crippen molar-refractivity contribution in [3.63, 3.8) is 0 Å². The second kappa shape index (κ2) is 8.11. The Labute approximate surface area is 137 Å². The van der Waals surface area contributed by atoms with E-state index in [-0.39, 0.29) is 18.0 Å². The third-order valence-corrected chi connectivity index (χ3v) is 4.52. The van der Waals surface area contributed by atoms with Crippen LogP contribution in [0.1, 0.15) is 31.4 Å². The van der Waals surface area contributed by atoms with E-state index in [0.29, 0.717) is 6.54 Å². The van der Waals surface area contributed by atoms with Gasteiger partial charge in [-0.25, -0.2) is 0 Å². The first-order valence-corrected chi connectivity index (χ1v) is 8.08. The minimum Gasteiger partial charge on any atom is -0.469 e. The molecule has 0 aliphatic carbocycles. The van der Waals surface area contributed by atoms with Gasteiger partial charge in [-0.05, 0) is 18.5 Å². The second-order valence-corrected chi connectivity index (χ2v) is 5.88. The molecule has 23 heavy (non-hydrogen) atoms. The molecule has 1 heterocycles. The van der Waals surface area contributed by atoms with Gasteiger partial charge in [0.2, 0.25) is 0 Å². The number of hydrogen-bond acceptors (Lipinski definition) is 5. The Kier molecular flexibility index (Phi) is 6.16. The SMILES string of the molecule is CCCCN1C[C@@H](C(=O)OC)[C@@H](C(=O)OC)[C@@H]1c1ccccc1. The van der Waals surface area contributed by atoms with Crippen LogP contribution in [0, 0.1) is 11.8 Å². The maximum Gasteiger partial charge on any atom is 0.311 e. The molecule has 1 fully saturated rings. The van der Waals surface area contributed by atoms with Gasteiger partial charge >= 0.3 is 11.9 Å². The molecule has 0 radical (unpaired) electrons. The van der Waals surface area contributed by atoms with Crippen LogP contribution >= 0.6 is 0 Å². The molecule has 0 aromatic heterocycles. The Hall–Kier alpha value is -1.88. The maximum atomic E-state index is 12.4. The van der Waals surface area contributed by atoms with Gasteiger partial charge in [0.25, 0.3) is 0 Å². The lowest BCUT2D eigenvalue weighted by Crippen LogP contribution is -2.32. The summed E-state index contributed by atoms with van der Waals surface area (Å²) in [5.74, 6) is -1.73. The average Bonchev–Trinajstić information content (AvgIpc) is 2.98. The van der Waals surface area contributed by atoms with E-state index in [4.69, 9.17) is 9.47 Å². The lowest BCUT2D eigenvalue weighted by Gasteiger charge is -2.27. The lowest BCUT2D eigenvalue weighted by atomic mass is 9.87. The van der Waals surface area contributed by atoms with E-state index in [1.54, 1.807) is 0 Å². The van der Waals surface area contributed by atoms with E-state index >= 15 is 0 Å². The van der Waals surface area contributed by atoms with Crippen molar-refractivity contribution in [1.82, 2.24) is 4.90 Å². The first kappa shape index (κ1) is 17.5. The molecular weight excluding hydrogens is 294 g/mol. The summed E-state index contributed by atoms with van der Waals surface area (Å²) in [7, 11) is 2.73. The normalized spacial score (nSPS) is 24.4. The number of rotatable bonds is 6. The minimum atomic E-state index is -0.535. The molecule has 1 saturated heterocycles. The molecule has 0 spiro atoms. The van der Waals surface area contributed by atoms with Gasteiger partial charge in [-0.15, -0.1) is 0 Å². The molecule has 5 nitrogen and oxygen atoms in total.